The minimum absolute atomic E-state index is 0.186. The van der Waals surface area contributed by atoms with Crippen LogP contribution in [0.5, 0.6) is 0 Å². The Labute approximate surface area is 73.5 Å². The highest BCUT2D eigenvalue weighted by molar-refractivity contribution is 4.94. The van der Waals surface area contributed by atoms with Crippen molar-refractivity contribution < 1.29 is 4.74 Å². The summed E-state index contributed by atoms with van der Waals surface area (Å²) in [7, 11) is 0. The van der Waals surface area contributed by atoms with Gasteiger partial charge in [-0.3, -0.25) is 0 Å². The number of hydrogen-bond acceptors (Lipinski definition) is 2. The summed E-state index contributed by atoms with van der Waals surface area (Å²) in [6.45, 7) is 0. The second-order valence-electron chi connectivity index (χ2n) is 3.89. The fraction of sp³-hybridized carbons (Fsp3) is 0.900. The first-order valence-electron chi connectivity index (χ1n) is 4.95. The maximum absolute atomic E-state index is 8.81. The molecule has 2 fully saturated rings. The number of hydrogen-bond donors (Lipinski definition) is 0. The molecule has 0 bridgehead atoms. The van der Waals surface area contributed by atoms with Crippen LogP contribution in [0.3, 0.4) is 0 Å². The molecule has 2 rings (SSSR count). The summed E-state index contributed by atoms with van der Waals surface area (Å²) < 4.78 is 5.83. The smallest absolute Gasteiger partial charge is 0.0736 e. The molecule has 2 aliphatic rings. The maximum Gasteiger partial charge on any atom is 0.0736 e. The van der Waals surface area contributed by atoms with Gasteiger partial charge in [0.15, 0.2) is 0 Å². The van der Waals surface area contributed by atoms with Crippen LogP contribution in [-0.2, 0) is 4.74 Å². The lowest BCUT2D eigenvalue weighted by atomic mass is 9.95. The average Bonchev–Trinajstić information content (AvgIpc) is 2.43. The number of nitrogens with zero attached hydrogens (tertiary/aromatic N) is 1. The molecular weight excluding hydrogens is 150 g/mol. The van der Waals surface area contributed by atoms with Crippen molar-refractivity contribution in [1.29, 1.82) is 5.26 Å². The first-order chi connectivity index (χ1) is 5.90. The Balaban J connectivity index is 1.82. The highest BCUT2D eigenvalue weighted by Crippen LogP contribution is 2.32. The molecule has 0 aromatic heterocycles. The van der Waals surface area contributed by atoms with Gasteiger partial charge < -0.3 is 4.74 Å². The first kappa shape index (κ1) is 8.07. The molecule has 66 valence electrons. The predicted octanol–water partition coefficient (Wildman–Crippen LogP) is 2.25. The normalized spacial score (nSPS) is 35.9. The molecule has 0 spiro atoms. The van der Waals surface area contributed by atoms with Crippen molar-refractivity contribution in [1.82, 2.24) is 0 Å². The minimum Gasteiger partial charge on any atom is -0.374 e. The van der Waals surface area contributed by atoms with Crippen LogP contribution in [0.2, 0.25) is 0 Å². The van der Waals surface area contributed by atoms with E-state index < -0.39 is 0 Å². The van der Waals surface area contributed by atoms with E-state index in [9.17, 15) is 0 Å². The van der Waals surface area contributed by atoms with E-state index >= 15 is 0 Å². The summed E-state index contributed by atoms with van der Waals surface area (Å²) in [4.78, 5) is 0. The summed E-state index contributed by atoms with van der Waals surface area (Å²) >= 11 is 0. The van der Waals surface area contributed by atoms with Crippen LogP contribution >= 0.6 is 0 Å². The average molecular weight is 165 g/mol. The molecule has 0 aromatic carbocycles. The van der Waals surface area contributed by atoms with Gasteiger partial charge in [0.2, 0.25) is 0 Å². The van der Waals surface area contributed by atoms with E-state index in [1.165, 1.54) is 25.7 Å². The lowest BCUT2D eigenvalue weighted by Crippen LogP contribution is -2.29. The molecule has 0 aliphatic heterocycles. The Morgan fingerprint density at radius 2 is 1.83 bits per heavy atom. The van der Waals surface area contributed by atoms with Crippen molar-refractivity contribution >= 4 is 0 Å². The van der Waals surface area contributed by atoms with Crippen LogP contribution in [0.15, 0.2) is 0 Å². The molecule has 2 nitrogen and oxygen atoms in total. The molecule has 0 saturated heterocycles. The SMILES string of the molecule is N#CC1CCCC1OC1CCC1. The quantitative estimate of drug-likeness (QED) is 0.628. The molecule has 0 aromatic rings. The fourth-order valence-electron chi connectivity index (χ4n) is 1.99. The van der Waals surface area contributed by atoms with Gasteiger partial charge in [0.05, 0.1) is 24.2 Å². The minimum atomic E-state index is 0.186. The Bertz CT molecular complexity index is 193. The van der Waals surface area contributed by atoms with E-state index in [1.54, 1.807) is 0 Å². The highest BCUT2D eigenvalue weighted by Gasteiger charge is 2.31. The molecule has 0 N–H and O–H groups in total. The molecular formula is C10H15NO. The Morgan fingerprint density at radius 1 is 1.08 bits per heavy atom. The molecule has 0 amide bonds. The maximum atomic E-state index is 8.81. The lowest BCUT2D eigenvalue weighted by molar-refractivity contribution is -0.0580. The summed E-state index contributed by atoms with van der Waals surface area (Å²) in [6, 6.07) is 2.34. The Kier molecular flexibility index (Phi) is 2.32. The number of nitriles is 1. The molecule has 2 heteroatoms. The predicted molar refractivity (Wildman–Crippen MR) is 45.5 cm³/mol. The van der Waals surface area contributed by atoms with Gasteiger partial charge in [0, 0.05) is 0 Å². The monoisotopic (exact) mass is 165 g/mol. The fourth-order valence-corrected chi connectivity index (χ4v) is 1.99. The molecule has 0 radical (unpaired) electrons. The first-order valence-corrected chi connectivity index (χ1v) is 4.95. The lowest BCUT2D eigenvalue weighted by Gasteiger charge is -2.29. The van der Waals surface area contributed by atoms with Gasteiger partial charge in [0.1, 0.15) is 0 Å². The summed E-state index contributed by atoms with van der Waals surface area (Å²) in [6.07, 6.45) is 7.83. The highest BCUT2D eigenvalue weighted by atomic mass is 16.5. The Morgan fingerprint density at radius 3 is 2.42 bits per heavy atom. The molecule has 12 heavy (non-hydrogen) atoms. The van der Waals surface area contributed by atoms with Gasteiger partial charge in [-0.25, -0.2) is 0 Å². The molecule has 2 atom stereocenters. The van der Waals surface area contributed by atoms with E-state index in [-0.39, 0.29) is 12.0 Å². The van der Waals surface area contributed by atoms with Crippen molar-refractivity contribution in [2.24, 2.45) is 5.92 Å². The molecule has 2 saturated carbocycles. The number of ether oxygens (including phenoxy) is 1. The topological polar surface area (TPSA) is 33.0 Å². The van der Waals surface area contributed by atoms with Crippen molar-refractivity contribution in [3.8, 4) is 6.07 Å². The van der Waals surface area contributed by atoms with Gasteiger partial charge in [-0.2, -0.15) is 5.26 Å². The van der Waals surface area contributed by atoms with E-state index in [2.05, 4.69) is 6.07 Å². The van der Waals surface area contributed by atoms with Crippen LogP contribution in [0, 0.1) is 17.2 Å². The second-order valence-corrected chi connectivity index (χ2v) is 3.89. The van der Waals surface area contributed by atoms with Gasteiger partial charge in [-0.15, -0.1) is 0 Å². The molecule has 2 unspecified atom stereocenters. The molecule has 2 aliphatic carbocycles. The summed E-state index contributed by atoms with van der Waals surface area (Å²) in [5, 5.41) is 8.81. The van der Waals surface area contributed by atoms with Gasteiger partial charge >= 0.3 is 0 Å². The third-order valence-electron chi connectivity index (χ3n) is 3.04. The van der Waals surface area contributed by atoms with Crippen LogP contribution in [0.4, 0.5) is 0 Å². The number of rotatable bonds is 2. The van der Waals surface area contributed by atoms with Gasteiger partial charge in [-0.05, 0) is 38.5 Å². The van der Waals surface area contributed by atoms with Gasteiger partial charge in [0.25, 0.3) is 0 Å². The van der Waals surface area contributed by atoms with Crippen molar-refractivity contribution in [3.63, 3.8) is 0 Å². The largest absolute Gasteiger partial charge is 0.374 e. The van der Waals surface area contributed by atoms with Crippen LogP contribution in [0.1, 0.15) is 38.5 Å². The summed E-state index contributed by atoms with van der Waals surface area (Å²) in [5.41, 5.74) is 0. The van der Waals surface area contributed by atoms with Crippen molar-refractivity contribution in [2.45, 2.75) is 50.7 Å². The van der Waals surface area contributed by atoms with Crippen LogP contribution in [-0.4, -0.2) is 12.2 Å². The third-order valence-corrected chi connectivity index (χ3v) is 3.04. The summed E-state index contributed by atoms with van der Waals surface area (Å²) in [5.74, 6) is 0.186. The molecule has 0 heterocycles. The van der Waals surface area contributed by atoms with E-state index in [0.29, 0.717) is 6.10 Å². The van der Waals surface area contributed by atoms with E-state index in [0.717, 1.165) is 12.8 Å². The standard InChI is InChI=1S/C10H15NO/c11-7-8-3-1-6-10(8)12-9-4-2-5-9/h8-10H,1-6H2. The van der Waals surface area contributed by atoms with E-state index in [4.69, 9.17) is 10.00 Å². The van der Waals surface area contributed by atoms with E-state index in [1.807, 2.05) is 0 Å². The zero-order valence-electron chi connectivity index (χ0n) is 7.33. The van der Waals surface area contributed by atoms with Crippen LogP contribution < -0.4 is 0 Å². The van der Waals surface area contributed by atoms with Crippen molar-refractivity contribution in [3.05, 3.63) is 0 Å². The third kappa shape index (κ3) is 1.47. The zero-order chi connectivity index (χ0) is 8.39. The van der Waals surface area contributed by atoms with Crippen LogP contribution in [0.25, 0.3) is 0 Å². The van der Waals surface area contributed by atoms with Crippen molar-refractivity contribution in [2.75, 3.05) is 0 Å². The zero-order valence-corrected chi connectivity index (χ0v) is 7.33. The second kappa shape index (κ2) is 3.45. The van der Waals surface area contributed by atoms with Gasteiger partial charge in [-0.1, -0.05) is 0 Å². The Hall–Kier alpha value is -0.550.